The van der Waals surface area contributed by atoms with Crippen LogP contribution in [0.4, 0.5) is 34.1 Å². The number of fused-ring (bicyclic) bond motifs is 27. The van der Waals surface area contributed by atoms with E-state index in [9.17, 15) is 0 Å². The van der Waals surface area contributed by atoms with Crippen LogP contribution in [0.25, 0.3) is 174 Å². The van der Waals surface area contributed by atoms with E-state index in [1.54, 1.807) is 0 Å². The first kappa shape index (κ1) is 78.4. The molecular formula is C121H112N6O. The molecule has 15 aromatic carbocycles. The van der Waals surface area contributed by atoms with Crippen LogP contribution in [0.15, 0.2) is 253 Å². The number of nitrogens with zero attached hydrogens (tertiary/aromatic N) is 6. The summed E-state index contributed by atoms with van der Waals surface area (Å²) in [6.45, 7) is 54.1. The van der Waals surface area contributed by atoms with E-state index in [-0.39, 0.29) is 37.9 Å². The molecule has 0 spiro atoms. The molecule has 0 amide bonds. The SMILES string of the molecule is Cc1ccccc1N(c1ccc2c3cc(C(C)(C)C)cc4c5cc6c(cc5n(c2c1)c34)c1cc(C(C)(C)C)cc2c3cc(C(C)(C)C)ccc3n6c21)c1cccc2c1oc1c(C(C)(C)C)cc(CC(C)(C)c3ccc4c(c3)c3cc(C(C)(C)C)cc5c6cc7c(cc6n4c35)c3cc(C(C)(C)C)cc4c5ccc(N(c6ccccc6)c6c(C)cccc6C)cc5n7c43)cc12. The first-order valence-corrected chi connectivity index (χ1v) is 46.4. The Morgan fingerprint density at radius 3 is 1.03 bits per heavy atom. The highest BCUT2D eigenvalue weighted by molar-refractivity contribution is 6.32. The molecule has 0 aliphatic carbocycles. The first-order valence-electron chi connectivity index (χ1n) is 46.4. The summed E-state index contributed by atoms with van der Waals surface area (Å²) in [5, 5.41) is 22.9. The predicted molar refractivity (Wildman–Crippen MR) is 551 cm³/mol. The van der Waals surface area contributed by atoms with Crippen LogP contribution in [0.2, 0.25) is 0 Å². The van der Waals surface area contributed by atoms with Crippen molar-refractivity contribution in [3.8, 4) is 0 Å². The maximum absolute atomic E-state index is 7.66. The summed E-state index contributed by atoms with van der Waals surface area (Å²) in [6.07, 6.45) is 0.815. The van der Waals surface area contributed by atoms with Crippen molar-refractivity contribution < 1.29 is 4.42 Å². The second kappa shape index (κ2) is 25.9. The largest absolute Gasteiger partial charge is 0.454 e. The van der Waals surface area contributed by atoms with E-state index in [1.807, 2.05) is 0 Å². The zero-order valence-electron chi connectivity index (χ0n) is 78.5. The van der Waals surface area contributed by atoms with Gasteiger partial charge in [-0.1, -0.05) is 236 Å². The first-order chi connectivity index (χ1) is 60.7. The van der Waals surface area contributed by atoms with Gasteiger partial charge in [-0.2, -0.15) is 0 Å². The van der Waals surface area contributed by atoms with Gasteiger partial charge in [-0.25, -0.2) is 0 Å². The van der Waals surface area contributed by atoms with Crippen molar-refractivity contribution in [3.63, 3.8) is 0 Å². The zero-order valence-corrected chi connectivity index (χ0v) is 78.5. The minimum Gasteiger partial charge on any atom is -0.454 e. The summed E-state index contributed by atoms with van der Waals surface area (Å²) < 4.78 is 18.1. The molecule has 0 unspecified atom stereocenters. The van der Waals surface area contributed by atoms with E-state index in [2.05, 4.69) is 435 Å². The highest BCUT2D eigenvalue weighted by Crippen LogP contribution is 2.55. The van der Waals surface area contributed by atoms with Crippen molar-refractivity contribution >= 4 is 208 Å². The molecule has 128 heavy (non-hydrogen) atoms. The Balaban J connectivity index is 0.652. The molecular weight excluding hydrogens is 1550 g/mol. The maximum Gasteiger partial charge on any atom is 0.159 e. The molecule has 0 N–H and O–H groups in total. The third kappa shape index (κ3) is 11.1. The standard InChI is InChI=1S/C121H112N6O/c1-66-31-27-28-37-98(66)123(78-42-44-80-89-52-73(117(10,11)12)56-93-87-61-104-84(64-107(87)127(110(89)93)103(80)60-78)94-57-74(118(13,14)15)53-90-82-49-70(115(4,5)6)39-45-99(82)124(104)111(90)94)101-38-30-36-81-96-47-69(48-97(120(19,20)21)113(96)128-114(81)101)65-121(22,23)71-40-46-100-83(50-71)91-54-75(119(16,17)18)58-95-85-63-106-86(62-105(85)125(100)112(91)95)92-55-72(116(7,8)9)51-88-79-43-41-77(59-102(79)126(106)109(88)92)122(76-34-25-24-26-35-76)108-67(2)32-29-33-68(108)3/h24-64H,65H2,1-23H3. The van der Waals surface area contributed by atoms with Gasteiger partial charge in [0.1, 0.15) is 5.58 Å². The smallest absolute Gasteiger partial charge is 0.159 e. The Kier molecular flexibility index (Phi) is 15.8. The van der Waals surface area contributed by atoms with Gasteiger partial charge < -0.3 is 31.8 Å². The summed E-state index contributed by atoms with van der Waals surface area (Å²) in [4.78, 5) is 4.95. The predicted octanol–water partition coefficient (Wildman–Crippen LogP) is 34.4. The molecule has 24 aromatic rings. The highest BCUT2D eigenvalue weighted by atomic mass is 16.3. The fourth-order valence-corrected chi connectivity index (χ4v) is 22.8. The van der Waals surface area contributed by atoms with Crippen molar-refractivity contribution in [1.29, 1.82) is 0 Å². The van der Waals surface area contributed by atoms with E-state index in [0.717, 1.165) is 56.8 Å². The Bertz CT molecular complexity index is 8880. The quantitative estimate of drug-likeness (QED) is 0.145. The van der Waals surface area contributed by atoms with Crippen LogP contribution >= 0.6 is 0 Å². The van der Waals surface area contributed by atoms with E-state index in [1.165, 1.54) is 219 Å². The number of benzene rings is 15. The molecule has 0 fully saturated rings. The van der Waals surface area contributed by atoms with Gasteiger partial charge >= 0.3 is 0 Å². The van der Waals surface area contributed by atoms with Crippen molar-refractivity contribution in [2.45, 2.75) is 204 Å². The monoisotopic (exact) mass is 1660 g/mol. The summed E-state index contributed by atoms with van der Waals surface area (Å²) in [7, 11) is 0. The fraction of sp³-hybridized carbons (Fsp3) is 0.256. The lowest BCUT2D eigenvalue weighted by atomic mass is 9.77. The van der Waals surface area contributed by atoms with Gasteiger partial charge in [0.25, 0.3) is 0 Å². The topological polar surface area (TPSA) is 37.3 Å². The molecule has 0 radical (unpaired) electrons. The molecule has 9 heterocycles. The van der Waals surface area contributed by atoms with Gasteiger partial charge in [0.05, 0.1) is 77.6 Å². The van der Waals surface area contributed by atoms with Crippen molar-refractivity contribution in [3.05, 3.63) is 310 Å². The second-order valence-corrected chi connectivity index (χ2v) is 45.0. The Hall–Kier alpha value is -13.1. The summed E-state index contributed by atoms with van der Waals surface area (Å²) >= 11 is 0. The van der Waals surface area contributed by atoms with Gasteiger partial charge in [0, 0.05) is 125 Å². The lowest BCUT2D eigenvalue weighted by Crippen LogP contribution is -2.21. The molecule has 0 aliphatic heterocycles. The molecule has 0 aliphatic rings. The van der Waals surface area contributed by atoms with Gasteiger partial charge in [-0.05, 0) is 272 Å². The summed E-state index contributed by atoms with van der Waals surface area (Å²) in [5.41, 5.74) is 36.8. The van der Waals surface area contributed by atoms with Gasteiger partial charge in [0.2, 0.25) is 0 Å². The lowest BCUT2D eigenvalue weighted by molar-refractivity contribution is 0.520. The normalized spacial score (nSPS) is 13.6. The number of hydrogen-bond donors (Lipinski definition) is 0. The Morgan fingerprint density at radius 2 is 0.594 bits per heavy atom. The Morgan fingerprint density at radius 1 is 0.234 bits per heavy atom. The van der Waals surface area contributed by atoms with Crippen LogP contribution in [0.1, 0.15) is 200 Å². The van der Waals surface area contributed by atoms with Crippen LogP contribution < -0.4 is 9.80 Å². The molecule has 0 saturated carbocycles. The average molecular weight is 1670 g/mol. The van der Waals surface area contributed by atoms with Crippen LogP contribution in [0.5, 0.6) is 0 Å². The molecule has 0 bridgehead atoms. The fourth-order valence-electron chi connectivity index (χ4n) is 22.8. The molecule has 9 aromatic heterocycles. The number of para-hydroxylation sites is 4. The van der Waals surface area contributed by atoms with E-state index < -0.39 is 0 Å². The number of aryl methyl sites for hydroxylation is 3. The lowest BCUT2D eigenvalue weighted by Gasteiger charge is -2.28. The van der Waals surface area contributed by atoms with Gasteiger partial charge in [0.15, 0.2) is 5.58 Å². The van der Waals surface area contributed by atoms with Crippen molar-refractivity contribution in [2.24, 2.45) is 0 Å². The second-order valence-electron chi connectivity index (χ2n) is 45.0. The van der Waals surface area contributed by atoms with Crippen molar-refractivity contribution in [2.75, 3.05) is 9.80 Å². The maximum atomic E-state index is 7.66. The van der Waals surface area contributed by atoms with Crippen LogP contribution in [0.3, 0.4) is 0 Å². The molecule has 0 atom stereocenters. The average Bonchev–Trinajstić information content (AvgIpc) is 1.52. The number of hydrogen-bond acceptors (Lipinski definition) is 3. The molecule has 0 saturated heterocycles. The third-order valence-electron chi connectivity index (χ3n) is 29.8. The van der Waals surface area contributed by atoms with Gasteiger partial charge in [-0.3, -0.25) is 0 Å². The summed E-state index contributed by atoms with van der Waals surface area (Å²) in [6, 6.07) is 97.7. The molecule has 7 nitrogen and oxygen atoms in total. The van der Waals surface area contributed by atoms with Crippen molar-refractivity contribution in [1.82, 2.24) is 17.6 Å². The van der Waals surface area contributed by atoms with Gasteiger partial charge in [-0.15, -0.1) is 0 Å². The number of aromatic nitrogens is 4. The van der Waals surface area contributed by atoms with Crippen LogP contribution in [-0.4, -0.2) is 17.6 Å². The minimum absolute atomic E-state index is 0.0123. The summed E-state index contributed by atoms with van der Waals surface area (Å²) in [5.74, 6) is 0. The Labute approximate surface area is 748 Å². The molecule has 24 rings (SSSR count). The van der Waals surface area contributed by atoms with Crippen LogP contribution in [0, 0.1) is 20.8 Å². The van der Waals surface area contributed by atoms with E-state index in [4.69, 9.17) is 4.42 Å². The van der Waals surface area contributed by atoms with Crippen LogP contribution in [-0.2, 0) is 44.3 Å². The molecule has 7 heteroatoms. The number of anilines is 6. The third-order valence-corrected chi connectivity index (χ3v) is 29.8. The minimum atomic E-state index is -0.291. The highest BCUT2D eigenvalue weighted by Gasteiger charge is 2.35. The van der Waals surface area contributed by atoms with E-state index in [0.29, 0.717) is 0 Å². The number of furan rings is 1. The van der Waals surface area contributed by atoms with E-state index >= 15 is 0 Å². The zero-order chi connectivity index (χ0) is 88.7. The molecule has 632 valence electrons. The number of rotatable bonds is 9.